The van der Waals surface area contributed by atoms with E-state index >= 15 is 0 Å². The largest absolute Gasteiger partial charge is 0.325 e. The van der Waals surface area contributed by atoms with E-state index < -0.39 is 0 Å². The molecule has 0 bridgehead atoms. The van der Waals surface area contributed by atoms with Gasteiger partial charge in [0, 0.05) is 18.0 Å². The van der Waals surface area contributed by atoms with Crippen LogP contribution in [0.3, 0.4) is 0 Å². The van der Waals surface area contributed by atoms with E-state index in [0.29, 0.717) is 10.6 Å². The molecule has 1 unspecified atom stereocenters. The second kappa shape index (κ2) is 9.25. The SMILES string of the molecule is CCc1ccc(NC(=O)CSC2=C(C#N)C(c3ccccc3)CC(=O)N2)cc1. The maximum atomic E-state index is 12.3. The van der Waals surface area contributed by atoms with Crippen LogP contribution in [-0.4, -0.2) is 17.6 Å². The number of nitrogens with one attached hydrogen (secondary N) is 2. The Balaban J connectivity index is 1.70. The van der Waals surface area contributed by atoms with E-state index in [1.54, 1.807) is 0 Å². The molecule has 1 atom stereocenters. The molecule has 1 aliphatic heterocycles. The summed E-state index contributed by atoms with van der Waals surface area (Å²) in [4.78, 5) is 24.4. The van der Waals surface area contributed by atoms with Gasteiger partial charge in [-0.05, 0) is 29.7 Å². The highest BCUT2D eigenvalue weighted by atomic mass is 32.2. The summed E-state index contributed by atoms with van der Waals surface area (Å²) in [6.07, 6.45) is 1.17. The van der Waals surface area contributed by atoms with Gasteiger partial charge in [0.15, 0.2) is 0 Å². The van der Waals surface area contributed by atoms with Crippen LogP contribution in [0.2, 0.25) is 0 Å². The Morgan fingerprint density at radius 2 is 1.93 bits per heavy atom. The fourth-order valence-electron chi connectivity index (χ4n) is 3.06. The maximum Gasteiger partial charge on any atom is 0.234 e. The van der Waals surface area contributed by atoms with Crippen molar-refractivity contribution in [1.82, 2.24) is 5.32 Å². The van der Waals surface area contributed by atoms with E-state index in [4.69, 9.17) is 0 Å². The Hall–Kier alpha value is -3.04. The molecule has 6 heteroatoms. The van der Waals surface area contributed by atoms with Gasteiger partial charge in [0.2, 0.25) is 11.8 Å². The quantitative estimate of drug-likeness (QED) is 0.781. The van der Waals surface area contributed by atoms with Gasteiger partial charge in [-0.3, -0.25) is 9.59 Å². The van der Waals surface area contributed by atoms with Crippen LogP contribution in [0, 0.1) is 11.3 Å². The normalized spacial score (nSPS) is 16.3. The van der Waals surface area contributed by atoms with Crippen molar-refractivity contribution in [2.75, 3.05) is 11.1 Å². The molecule has 2 amide bonds. The zero-order chi connectivity index (χ0) is 19.9. The highest BCUT2D eigenvalue weighted by molar-refractivity contribution is 8.03. The molecule has 2 aromatic rings. The lowest BCUT2D eigenvalue weighted by molar-refractivity contribution is -0.121. The molecule has 0 aliphatic carbocycles. The number of hydrogen-bond acceptors (Lipinski definition) is 4. The minimum Gasteiger partial charge on any atom is -0.325 e. The summed E-state index contributed by atoms with van der Waals surface area (Å²) in [6.45, 7) is 2.08. The van der Waals surface area contributed by atoms with Crippen LogP contribution in [0.15, 0.2) is 65.2 Å². The van der Waals surface area contributed by atoms with Crippen molar-refractivity contribution >= 4 is 29.3 Å². The van der Waals surface area contributed by atoms with Crippen LogP contribution < -0.4 is 10.6 Å². The van der Waals surface area contributed by atoms with Crippen molar-refractivity contribution < 1.29 is 9.59 Å². The van der Waals surface area contributed by atoms with Gasteiger partial charge in [0.05, 0.1) is 22.4 Å². The summed E-state index contributed by atoms with van der Waals surface area (Å²) in [5, 5.41) is 15.7. The number of allylic oxidation sites excluding steroid dienone is 1. The van der Waals surface area contributed by atoms with E-state index in [-0.39, 0.29) is 29.9 Å². The van der Waals surface area contributed by atoms with Gasteiger partial charge in [0.1, 0.15) is 0 Å². The van der Waals surface area contributed by atoms with Crippen LogP contribution in [0.25, 0.3) is 0 Å². The molecule has 1 aliphatic rings. The van der Waals surface area contributed by atoms with Crippen LogP contribution in [-0.2, 0) is 16.0 Å². The van der Waals surface area contributed by atoms with Crippen molar-refractivity contribution in [3.8, 4) is 6.07 Å². The highest BCUT2D eigenvalue weighted by Crippen LogP contribution is 2.35. The molecule has 5 nitrogen and oxygen atoms in total. The molecule has 2 aromatic carbocycles. The Morgan fingerprint density at radius 3 is 2.57 bits per heavy atom. The van der Waals surface area contributed by atoms with Crippen LogP contribution in [0.5, 0.6) is 0 Å². The molecule has 0 saturated heterocycles. The lowest BCUT2D eigenvalue weighted by Crippen LogP contribution is -2.31. The molecule has 0 fully saturated rings. The van der Waals surface area contributed by atoms with Gasteiger partial charge in [-0.1, -0.05) is 61.2 Å². The number of hydrogen-bond donors (Lipinski definition) is 2. The van der Waals surface area contributed by atoms with Gasteiger partial charge in [0.25, 0.3) is 0 Å². The third-order valence-corrected chi connectivity index (χ3v) is 5.57. The molecule has 142 valence electrons. The van der Waals surface area contributed by atoms with E-state index in [9.17, 15) is 14.9 Å². The number of anilines is 1. The summed E-state index contributed by atoms with van der Waals surface area (Å²) in [7, 11) is 0. The number of rotatable bonds is 6. The molecule has 1 heterocycles. The average Bonchev–Trinajstić information content (AvgIpc) is 2.73. The second-order valence-corrected chi connectivity index (χ2v) is 7.44. The summed E-state index contributed by atoms with van der Waals surface area (Å²) < 4.78 is 0. The van der Waals surface area contributed by atoms with E-state index in [0.717, 1.165) is 17.7 Å². The first-order valence-electron chi connectivity index (χ1n) is 9.11. The minimum atomic E-state index is -0.285. The monoisotopic (exact) mass is 391 g/mol. The van der Waals surface area contributed by atoms with Crippen LogP contribution in [0.4, 0.5) is 5.69 Å². The third kappa shape index (κ3) is 4.81. The maximum absolute atomic E-state index is 12.3. The number of benzene rings is 2. The second-order valence-electron chi connectivity index (χ2n) is 6.46. The molecule has 0 radical (unpaired) electrons. The Kier molecular flexibility index (Phi) is 6.51. The van der Waals surface area contributed by atoms with Crippen molar-refractivity contribution in [3.05, 3.63) is 76.3 Å². The van der Waals surface area contributed by atoms with Gasteiger partial charge < -0.3 is 10.6 Å². The summed E-state index contributed by atoms with van der Waals surface area (Å²) in [5.74, 6) is -0.509. The summed E-state index contributed by atoms with van der Waals surface area (Å²) in [6, 6.07) is 19.4. The first-order valence-corrected chi connectivity index (χ1v) is 10.1. The zero-order valence-electron chi connectivity index (χ0n) is 15.6. The topological polar surface area (TPSA) is 82.0 Å². The Labute approximate surface area is 168 Å². The fraction of sp³-hybridized carbons (Fsp3) is 0.227. The molecule has 28 heavy (non-hydrogen) atoms. The van der Waals surface area contributed by atoms with Gasteiger partial charge in [-0.15, -0.1) is 0 Å². The van der Waals surface area contributed by atoms with E-state index in [1.165, 1.54) is 17.3 Å². The number of carbonyl (C=O) groups is 2. The third-order valence-electron chi connectivity index (χ3n) is 4.55. The van der Waals surface area contributed by atoms with Gasteiger partial charge >= 0.3 is 0 Å². The molecular formula is C22H21N3O2S. The number of thioether (sulfide) groups is 1. The minimum absolute atomic E-state index is 0.109. The summed E-state index contributed by atoms with van der Waals surface area (Å²) in [5.41, 5.74) is 3.35. The molecule has 3 rings (SSSR count). The van der Waals surface area contributed by atoms with E-state index in [2.05, 4.69) is 23.6 Å². The molecule has 0 aromatic heterocycles. The van der Waals surface area contributed by atoms with Crippen molar-refractivity contribution in [2.24, 2.45) is 0 Å². The lowest BCUT2D eigenvalue weighted by atomic mass is 9.87. The van der Waals surface area contributed by atoms with E-state index in [1.807, 2.05) is 54.6 Å². The lowest BCUT2D eigenvalue weighted by Gasteiger charge is -2.25. The number of aryl methyl sites for hydroxylation is 1. The van der Waals surface area contributed by atoms with Crippen molar-refractivity contribution in [2.45, 2.75) is 25.7 Å². The Morgan fingerprint density at radius 1 is 1.21 bits per heavy atom. The van der Waals surface area contributed by atoms with Gasteiger partial charge in [-0.25, -0.2) is 0 Å². The number of carbonyl (C=O) groups excluding carboxylic acids is 2. The van der Waals surface area contributed by atoms with Crippen LogP contribution >= 0.6 is 11.8 Å². The molecule has 0 spiro atoms. The molecular weight excluding hydrogens is 370 g/mol. The first-order chi connectivity index (χ1) is 13.6. The van der Waals surface area contributed by atoms with Crippen molar-refractivity contribution in [1.29, 1.82) is 5.26 Å². The van der Waals surface area contributed by atoms with Crippen molar-refractivity contribution in [3.63, 3.8) is 0 Å². The fourth-order valence-corrected chi connectivity index (χ4v) is 3.94. The first kappa shape index (κ1) is 19.7. The number of amides is 2. The standard InChI is InChI=1S/C22H21N3O2S/c1-2-15-8-10-17(11-9-15)24-21(27)14-28-22-19(13-23)18(12-20(26)25-22)16-6-4-3-5-7-16/h3-11,18H,2,12,14H2,1H3,(H,24,27)(H,25,26). The highest BCUT2D eigenvalue weighted by Gasteiger charge is 2.29. The number of nitriles is 1. The average molecular weight is 391 g/mol. The predicted octanol–water partition coefficient (Wildman–Crippen LogP) is 3.96. The van der Waals surface area contributed by atoms with Gasteiger partial charge in [-0.2, -0.15) is 5.26 Å². The molecule has 0 saturated carbocycles. The smallest absolute Gasteiger partial charge is 0.234 e. The predicted molar refractivity (Wildman–Crippen MR) is 111 cm³/mol. The Bertz CT molecular complexity index is 931. The molecule has 2 N–H and O–H groups in total. The summed E-state index contributed by atoms with van der Waals surface area (Å²) >= 11 is 1.18. The number of nitrogens with zero attached hydrogens (tertiary/aromatic N) is 1. The van der Waals surface area contributed by atoms with Crippen LogP contribution in [0.1, 0.15) is 30.4 Å². The zero-order valence-corrected chi connectivity index (χ0v) is 16.4.